The van der Waals surface area contributed by atoms with Crippen LogP contribution in [0.2, 0.25) is 0 Å². The van der Waals surface area contributed by atoms with Crippen LogP contribution in [0.15, 0.2) is 36.4 Å². The Morgan fingerprint density at radius 2 is 1.44 bits per heavy atom. The predicted molar refractivity (Wildman–Crippen MR) is 65.8 cm³/mol. The maximum atomic E-state index is 5.74. The van der Waals surface area contributed by atoms with E-state index in [1.165, 1.54) is 10.8 Å². The second kappa shape index (κ2) is 3.62. The van der Waals surface area contributed by atoms with E-state index in [2.05, 4.69) is 12.1 Å². The van der Waals surface area contributed by atoms with Gasteiger partial charge in [-0.2, -0.15) is 0 Å². The third-order valence-electron chi connectivity index (χ3n) is 2.49. The van der Waals surface area contributed by atoms with Crippen molar-refractivity contribution in [2.75, 3.05) is 14.1 Å². The molecule has 0 saturated carbocycles. The number of fused-ring (bicyclic) bond motifs is 2. The minimum Gasteiger partial charge on any atom is -0.423 e. The molecule has 0 unspecified atom stereocenters. The molecule has 1 heterocycles. The molecule has 0 amide bonds. The number of benzene rings is 2. The molecule has 0 fully saturated rings. The van der Waals surface area contributed by atoms with Crippen molar-refractivity contribution in [3.8, 4) is 11.5 Å². The number of nitrogens with zero attached hydrogens (tertiary/aromatic N) is 1. The topological polar surface area (TPSA) is 21.7 Å². The van der Waals surface area contributed by atoms with Crippen LogP contribution in [-0.4, -0.2) is 18.8 Å². The van der Waals surface area contributed by atoms with Crippen molar-refractivity contribution in [2.45, 2.75) is 0 Å². The Labute approximate surface area is 95.6 Å². The van der Waals surface area contributed by atoms with Crippen LogP contribution in [-0.2, 0) is 0 Å². The Bertz CT molecular complexity index is 497. The lowest BCUT2D eigenvalue weighted by Gasteiger charge is -2.13. The molecule has 4 heteroatoms. The molecule has 0 radical (unpaired) electrons. The highest BCUT2D eigenvalue weighted by Crippen LogP contribution is 2.54. The zero-order valence-corrected chi connectivity index (χ0v) is 10.1. The third kappa shape index (κ3) is 1.53. The molecule has 0 atom stereocenters. The molecule has 3 rings (SSSR count). The largest absolute Gasteiger partial charge is 0.423 e. The molecule has 0 spiro atoms. The van der Waals surface area contributed by atoms with Gasteiger partial charge in [-0.3, -0.25) is 0 Å². The van der Waals surface area contributed by atoms with Crippen molar-refractivity contribution in [1.29, 1.82) is 0 Å². The Balaban J connectivity index is 2.08. The molecule has 1 aliphatic rings. The van der Waals surface area contributed by atoms with E-state index < -0.39 is 8.53 Å². The maximum Gasteiger partial charge on any atom is 0.384 e. The quantitative estimate of drug-likeness (QED) is 0.704. The fourth-order valence-electron chi connectivity index (χ4n) is 1.69. The highest BCUT2D eigenvalue weighted by molar-refractivity contribution is 7.45. The molecule has 2 aromatic rings. The van der Waals surface area contributed by atoms with Crippen LogP contribution in [0.1, 0.15) is 0 Å². The van der Waals surface area contributed by atoms with E-state index in [0.29, 0.717) is 0 Å². The van der Waals surface area contributed by atoms with E-state index in [1.54, 1.807) is 0 Å². The maximum absolute atomic E-state index is 5.74. The summed E-state index contributed by atoms with van der Waals surface area (Å²) in [6, 6.07) is 12.3. The first-order valence-corrected chi connectivity index (χ1v) is 6.23. The summed E-state index contributed by atoms with van der Waals surface area (Å²) in [5.74, 6) is 1.69. The normalized spacial score (nSPS) is 14.9. The molecule has 0 aliphatic carbocycles. The Hall–Kier alpha value is -1.31. The number of hydrogen-bond donors (Lipinski definition) is 0. The molecule has 2 aromatic carbocycles. The summed E-state index contributed by atoms with van der Waals surface area (Å²) < 4.78 is 13.4. The summed E-state index contributed by atoms with van der Waals surface area (Å²) >= 11 is 0. The summed E-state index contributed by atoms with van der Waals surface area (Å²) in [4.78, 5) is 0. The molecule has 1 aliphatic heterocycles. The summed E-state index contributed by atoms with van der Waals surface area (Å²) in [7, 11) is 2.95. The number of rotatable bonds is 1. The molecule has 16 heavy (non-hydrogen) atoms. The summed E-state index contributed by atoms with van der Waals surface area (Å²) in [6.45, 7) is 0. The van der Waals surface area contributed by atoms with Crippen LogP contribution < -0.4 is 9.05 Å². The second-order valence-electron chi connectivity index (χ2n) is 3.91. The van der Waals surface area contributed by atoms with Crippen LogP contribution in [0.5, 0.6) is 11.5 Å². The van der Waals surface area contributed by atoms with E-state index in [0.717, 1.165) is 11.5 Å². The third-order valence-corrected chi connectivity index (χ3v) is 3.85. The van der Waals surface area contributed by atoms with Crippen molar-refractivity contribution in [1.82, 2.24) is 4.67 Å². The lowest BCUT2D eigenvalue weighted by atomic mass is 10.1. The molecule has 0 saturated heterocycles. The van der Waals surface area contributed by atoms with Crippen LogP contribution in [0, 0.1) is 0 Å². The molecular formula is C12H12NO2P. The Morgan fingerprint density at radius 3 is 1.88 bits per heavy atom. The molecule has 82 valence electrons. The van der Waals surface area contributed by atoms with Gasteiger partial charge in [-0.05, 0) is 37.0 Å². The fraction of sp³-hybridized carbons (Fsp3) is 0.167. The first-order valence-electron chi connectivity index (χ1n) is 5.10. The van der Waals surface area contributed by atoms with Gasteiger partial charge >= 0.3 is 8.53 Å². The molecule has 0 bridgehead atoms. The van der Waals surface area contributed by atoms with Gasteiger partial charge < -0.3 is 9.05 Å². The van der Waals surface area contributed by atoms with Gasteiger partial charge in [-0.15, -0.1) is 0 Å². The van der Waals surface area contributed by atoms with Gasteiger partial charge in [0.05, 0.1) is 0 Å². The first kappa shape index (κ1) is 9.88. The second-order valence-corrected chi connectivity index (χ2v) is 5.55. The van der Waals surface area contributed by atoms with Gasteiger partial charge in [0, 0.05) is 0 Å². The smallest absolute Gasteiger partial charge is 0.384 e. The van der Waals surface area contributed by atoms with Crippen molar-refractivity contribution in [3.05, 3.63) is 36.4 Å². The lowest BCUT2D eigenvalue weighted by molar-refractivity contribution is 0.475. The van der Waals surface area contributed by atoms with Gasteiger partial charge in [-0.25, -0.2) is 4.67 Å². The summed E-state index contributed by atoms with van der Waals surface area (Å²) in [5.41, 5.74) is 0. The Kier molecular flexibility index (Phi) is 2.23. The van der Waals surface area contributed by atoms with E-state index in [4.69, 9.17) is 9.05 Å². The van der Waals surface area contributed by atoms with Gasteiger partial charge in [-0.1, -0.05) is 24.3 Å². The average Bonchev–Trinajstić information content (AvgIpc) is 2.68. The van der Waals surface area contributed by atoms with Gasteiger partial charge in [0.2, 0.25) is 0 Å². The predicted octanol–water partition coefficient (Wildman–Crippen LogP) is 3.40. The highest BCUT2D eigenvalue weighted by Gasteiger charge is 2.28. The van der Waals surface area contributed by atoms with Gasteiger partial charge in [0.1, 0.15) is 0 Å². The zero-order chi connectivity index (χ0) is 11.1. The van der Waals surface area contributed by atoms with Gasteiger partial charge in [0.25, 0.3) is 0 Å². The van der Waals surface area contributed by atoms with Gasteiger partial charge in [0.15, 0.2) is 11.5 Å². The van der Waals surface area contributed by atoms with Crippen LogP contribution in [0.4, 0.5) is 0 Å². The van der Waals surface area contributed by atoms with Crippen molar-refractivity contribution >= 4 is 19.3 Å². The minimum atomic E-state index is -0.960. The molecule has 3 nitrogen and oxygen atoms in total. The van der Waals surface area contributed by atoms with E-state index in [1.807, 2.05) is 43.0 Å². The van der Waals surface area contributed by atoms with Crippen LogP contribution in [0.3, 0.4) is 0 Å². The zero-order valence-electron chi connectivity index (χ0n) is 9.18. The summed E-state index contributed by atoms with van der Waals surface area (Å²) in [5, 5.41) is 2.36. The Morgan fingerprint density at radius 1 is 0.938 bits per heavy atom. The monoisotopic (exact) mass is 233 g/mol. The number of hydrogen-bond acceptors (Lipinski definition) is 3. The minimum absolute atomic E-state index is 0.846. The van der Waals surface area contributed by atoms with Crippen LogP contribution in [0.25, 0.3) is 10.8 Å². The van der Waals surface area contributed by atoms with Crippen molar-refractivity contribution in [3.63, 3.8) is 0 Å². The lowest BCUT2D eigenvalue weighted by Crippen LogP contribution is -2.08. The molecule has 0 N–H and O–H groups in total. The standard InChI is InChI=1S/C12H12NO2P/c1-13(2)16-14-11-7-9-5-3-4-6-10(9)8-12(11)15-16/h3-8H,1-2H3. The molecule has 0 aromatic heterocycles. The fourth-order valence-corrected chi connectivity index (χ4v) is 2.68. The SMILES string of the molecule is CN(C)P1Oc2cc3ccccc3cc2O1. The van der Waals surface area contributed by atoms with E-state index >= 15 is 0 Å². The van der Waals surface area contributed by atoms with Crippen molar-refractivity contribution < 1.29 is 9.05 Å². The van der Waals surface area contributed by atoms with E-state index in [-0.39, 0.29) is 0 Å². The first-order chi connectivity index (χ1) is 7.74. The highest BCUT2D eigenvalue weighted by atomic mass is 31.2. The summed E-state index contributed by atoms with van der Waals surface area (Å²) in [6.07, 6.45) is 0. The van der Waals surface area contributed by atoms with Crippen molar-refractivity contribution in [2.24, 2.45) is 0 Å². The van der Waals surface area contributed by atoms with Crippen LogP contribution >= 0.6 is 8.53 Å². The molecular weight excluding hydrogens is 221 g/mol. The average molecular weight is 233 g/mol. The van der Waals surface area contributed by atoms with E-state index in [9.17, 15) is 0 Å².